The third-order valence-corrected chi connectivity index (χ3v) is 3.16. The minimum atomic E-state index is -0.819. The highest BCUT2D eigenvalue weighted by atomic mass is 16.4. The summed E-state index contributed by atoms with van der Waals surface area (Å²) in [6, 6.07) is 0. The molecule has 0 bridgehead atoms. The summed E-state index contributed by atoms with van der Waals surface area (Å²) in [6.45, 7) is 4.11. The van der Waals surface area contributed by atoms with Crippen LogP contribution in [0.25, 0.3) is 0 Å². The first-order valence-corrected chi connectivity index (χ1v) is 5.58. The van der Waals surface area contributed by atoms with Gasteiger partial charge in [-0.25, -0.2) is 4.68 Å². The summed E-state index contributed by atoms with van der Waals surface area (Å²) < 4.78 is 1.63. The average Bonchev–Trinajstić information content (AvgIpc) is 2.98. The summed E-state index contributed by atoms with van der Waals surface area (Å²) in [5.74, 6) is 0.533. The lowest BCUT2D eigenvalue weighted by molar-refractivity contribution is -0.141. The molecular formula is C10H16N4O2. The largest absolute Gasteiger partial charge is 0.481 e. The second kappa shape index (κ2) is 4.19. The van der Waals surface area contributed by atoms with Gasteiger partial charge in [0.2, 0.25) is 0 Å². The lowest BCUT2D eigenvalue weighted by Gasteiger charge is -2.11. The van der Waals surface area contributed by atoms with Gasteiger partial charge in [-0.1, -0.05) is 13.8 Å². The quantitative estimate of drug-likeness (QED) is 0.803. The Morgan fingerprint density at radius 2 is 2.25 bits per heavy atom. The van der Waals surface area contributed by atoms with Crippen molar-refractivity contribution in [2.45, 2.75) is 39.2 Å². The molecule has 1 aromatic rings. The lowest BCUT2D eigenvalue weighted by atomic mass is 10.1. The zero-order valence-corrected chi connectivity index (χ0v) is 9.50. The van der Waals surface area contributed by atoms with Crippen LogP contribution in [-0.2, 0) is 11.3 Å². The molecule has 1 N–H and O–H groups in total. The van der Waals surface area contributed by atoms with Crippen molar-refractivity contribution in [2.24, 2.45) is 11.8 Å². The van der Waals surface area contributed by atoms with E-state index in [2.05, 4.69) is 22.4 Å². The molecule has 2 unspecified atom stereocenters. The van der Waals surface area contributed by atoms with Crippen LogP contribution < -0.4 is 0 Å². The number of hydrogen-bond donors (Lipinski definition) is 1. The van der Waals surface area contributed by atoms with Crippen molar-refractivity contribution in [1.82, 2.24) is 20.2 Å². The van der Waals surface area contributed by atoms with Crippen LogP contribution in [-0.4, -0.2) is 31.3 Å². The van der Waals surface area contributed by atoms with Crippen molar-refractivity contribution in [3.05, 3.63) is 5.82 Å². The van der Waals surface area contributed by atoms with E-state index in [0.29, 0.717) is 18.4 Å². The number of tetrazole rings is 1. The molecule has 1 aliphatic rings. The zero-order chi connectivity index (χ0) is 11.7. The van der Waals surface area contributed by atoms with Gasteiger partial charge in [-0.2, -0.15) is 0 Å². The molecule has 2 atom stereocenters. The maximum atomic E-state index is 10.8. The fourth-order valence-electron chi connectivity index (χ4n) is 1.81. The van der Waals surface area contributed by atoms with Crippen LogP contribution in [0.15, 0.2) is 0 Å². The molecule has 0 aliphatic heterocycles. The van der Waals surface area contributed by atoms with Gasteiger partial charge in [-0.3, -0.25) is 4.79 Å². The summed E-state index contributed by atoms with van der Waals surface area (Å²) in [6.07, 6.45) is 2.45. The minimum Gasteiger partial charge on any atom is -0.481 e. The summed E-state index contributed by atoms with van der Waals surface area (Å²) in [4.78, 5) is 10.8. The normalized spacial score (nSPS) is 19.4. The van der Waals surface area contributed by atoms with Crippen molar-refractivity contribution in [2.75, 3.05) is 0 Å². The first-order valence-electron chi connectivity index (χ1n) is 5.58. The van der Waals surface area contributed by atoms with E-state index in [9.17, 15) is 4.79 Å². The highest BCUT2D eigenvalue weighted by molar-refractivity contribution is 5.69. The van der Waals surface area contributed by atoms with E-state index in [1.54, 1.807) is 11.6 Å². The van der Waals surface area contributed by atoms with E-state index in [4.69, 9.17) is 5.11 Å². The molecule has 6 nitrogen and oxygen atoms in total. The SMILES string of the molecule is CC(Cn1nnnc1C(C)C1CC1)C(=O)O. The first-order chi connectivity index (χ1) is 7.59. The highest BCUT2D eigenvalue weighted by Gasteiger charge is 2.32. The molecule has 1 fully saturated rings. The van der Waals surface area contributed by atoms with Gasteiger partial charge in [0.05, 0.1) is 12.5 Å². The predicted octanol–water partition coefficient (Wildman–Crippen LogP) is 0.907. The Morgan fingerprint density at radius 3 is 2.81 bits per heavy atom. The van der Waals surface area contributed by atoms with Crippen molar-refractivity contribution < 1.29 is 9.90 Å². The van der Waals surface area contributed by atoms with Gasteiger partial charge in [0.1, 0.15) is 0 Å². The van der Waals surface area contributed by atoms with E-state index in [0.717, 1.165) is 5.82 Å². The number of carboxylic acid groups (broad SMARTS) is 1. The molecule has 0 aromatic carbocycles. The molecule has 0 spiro atoms. The number of rotatable bonds is 5. The van der Waals surface area contributed by atoms with E-state index in [-0.39, 0.29) is 0 Å². The van der Waals surface area contributed by atoms with Gasteiger partial charge in [0.25, 0.3) is 0 Å². The van der Waals surface area contributed by atoms with Crippen LogP contribution in [0.2, 0.25) is 0 Å². The molecule has 1 saturated carbocycles. The molecule has 1 aromatic heterocycles. The molecule has 0 amide bonds. The molecule has 0 saturated heterocycles. The Labute approximate surface area is 93.6 Å². The summed E-state index contributed by atoms with van der Waals surface area (Å²) in [7, 11) is 0. The third-order valence-electron chi connectivity index (χ3n) is 3.16. The average molecular weight is 224 g/mol. The van der Waals surface area contributed by atoms with E-state index in [1.165, 1.54) is 12.8 Å². The predicted molar refractivity (Wildman–Crippen MR) is 55.8 cm³/mol. The van der Waals surface area contributed by atoms with E-state index < -0.39 is 11.9 Å². The fraction of sp³-hybridized carbons (Fsp3) is 0.800. The van der Waals surface area contributed by atoms with Crippen LogP contribution in [0, 0.1) is 11.8 Å². The molecular weight excluding hydrogens is 208 g/mol. The Morgan fingerprint density at radius 1 is 1.56 bits per heavy atom. The number of hydrogen-bond acceptors (Lipinski definition) is 4. The van der Waals surface area contributed by atoms with Crippen LogP contribution in [0.5, 0.6) is 0 Å². The number of aliphatic carboxylic acids is 1. The maximum Gasteiger partial charge on any atom is 0.308 e. The number of carboxylic acids is 1. The Hall–Kier alpha value is -1.46. The first kappa shape index (κ1) is 11.0. The third kappa shape index (κ3) is 2.20. The number of aromatic nitrogens is 4. The van der Waals surface area contributed by atoms with Gasteiger partial charge in [0, 0.05) is 5.92 Å². The Balaban J connectivity index is 2.09. The molecule has 0 radical (unpaired) electrons. The van der Waals surface area contributed by atoms with Crippen molar-refractivity contribution in [3.63, 3.8) is 0 Å². The van der Waals surface area contributed by atoms with E-state index >= 15 is 0 Å². The van der Waals surface area contributed by atoms with Crippen molar-refractivity contribution in [3.8, 4) is 0 Å². The lowest BCUT2D eigenvalue weighted by Crippen LogP contribution is -2.20. The van der Waals surface area contributed by atoms with Gasteiger partial charge < -0.3 is 5.11 Å². The topological polar surface area (TPSA) is 80.9 Å². The summed E-state index contributed by atoms with van der Waals surface area (Å²) >= 11 is 0. The molecule has 6 heteroatoms. The van der Waals surface area contributed by atoms with Crippen LogP contribution in [0.4, 0.5) is 0 Å². The molecule has 2 rings (SSSR count). The Kier molecular flexibility index (Phi) is 2.89. The van der Waals surface area contributed by atoms with Crippen molar-refractivity contribution in [1.29, 1.82) is 0 Å². The van der Waals surface area contributed by atoms with Crippen LogP contribution >= 0.6 is 0 Å². The second-order valence-electron chi connectivity index (χ2n) is 4.58. The Bertz CT molecular complexity index is 386. The molecule has 1 aliphatic carbocycles. The van der Waals surface area contributed by atoms with Gasteiger partial charge in [-0.15, -0.1) is 5.10 Å². The monoisotopic (exact) mass is 224 g/mol. The summed E-state index contributed by atoms with van der Waals surface area (Å²) in [5.41, 5.74) is 0. The molecule has 1 heterocycles. The number of carbonyl (C=O) groups is 1. The standard InChI is InChI=1S/C10H16N4O2/c1-6(10(15)16)5-14-9(11-12-13-14)7(2)8-3-4-8/h6-8H,3-5H2,1-2H3,(H,15,16). The van der Waals surface area contributed by atoms with Crippen LogP contribution in [0.1, 0.15) is 38.4 Å². The second-order valence-corrected chi connectivity index (χ2v) is 4.58. The van der Waals surface area contributed by atoms with Gasteiger partial charge >= 0.3 is 5.97 Å². The fourth-order valence-corrected chi connectivity index (χ4v) is 1.81. The van der Waals surface area contributed by atoms with Gasteiger partial charge in [0.15, 0.2) is 5.82 Å². The zero-order valence-electron chi connectivity index (χ0n) is 9.50. The van der Waals surface area contributed by atoms with Crippen LogP contribution in [0.3, 0.4) is 0 Å². The molecule has 88 valence electrons. The summed E-state index contributed by atoms with van der Waals surface area (Å²) in [5, 5.41) is 20.3. The smallest absolute Gasteiger partial charge is 0.308 e. The van der Waals surface area contributed by atoms with E-state index in [1.807, 2.05) is 0 Å². The highest BCUT2D eigenvalue weighted by Crippen LogP contribution is 2.41. The molecule has 16 heavy (non-hydrogen) atoms. The minimum absolute atomic E-state index is 0.330. The maximum absolute atomic E-state index is 10.8. The number of nitrogens with zero attached hydrogens (tertiary/aromatic N) is 4. The van der Waals surface area contributed by atoms with Crippen molar-refractivity contribution >= 4 is 5.97 Å². The van der Waals surface area contributed by atoms with Gasteiger partial charge in [-0.05, 0) is 29.2 Å².